The molecule has 0 aromatic heterocycles. The van der Waals surface area contributed by atoms with Gasteiger partial charge in [0.05, 0.1) is 5.60 Å². The zero-order valence-electron chi connectivity index (χ0n) is 24.4. The second-order valence-corrected chi connectivity index (χ2v) is 12.3. The van der Waals surface area contributed by atoms with Crippen molar-refractivity contribution in [3.8, 4) is 0 Å². The highest BCUT2D eigenvalue weighted by atomic mass is 16.3. The summed E-state index contributed by atoms with van der Waals surface area (Å²) in [6, 6.07) is 0. The average Bonchev–Trinajstić information content (AvgIpc) is 2.76. The first-order chi connectivity index (χ1) is 15.6. The SMILES string of the molecule is C=CCC(CCCC)C1(O)CCC(C(C)C(CCCC/C(=C/CC)CC)C(C)C)CC1(C)C.O. The summed E-state index contributed by atoms with van der Waals surface area (Å²) in [5, 5.41) is 12.0. The van der Waals surface area contributed by atoms with E-state index in [0.717, 1.165) is 49.4 Å². The maximum atomic E-state index is 12.0. The molecular formula is C32H62O2. The van der Waals surface area contributed by atoms with Crippen molar-refractivity contribution in [2.45, 2.75) is 144 Å². The van der Waals surface area contributed by atoms with E-state index in [1.807, 2.05) is 6.08 Å². The summed E-state index contributed by atoms with van der Waals surface area (Å²) < 4.78 is 0. The summed E-state index contributed by atoms with van der Waals surface area (Å²) >= 11 is 0. The molecule has 2 heteroatoms. The Balaban J connectivity index is 0.0000109. The fourth-order valence-electron chi connectivity index (χ4n) is 7.08. The summed E-state index contributed by atoms with van der Waals surface area (Å²) in [5.74, 6) is 3.35. The molecule has 0 amide bonds. The quantitative estimate of drug-likeness (QED) is 0.174. The van der Waals surface area contributed by atoms with Crippen LogP contribution in [0.1, 0.15) is 139 Å². The van der Waals surface area contributed by atoms with E-state index in [1.54, 1.807) is 5.57 Å². The lowest BCUT2D eigenvalue weighted by Gasteiger charge is -2.55. The molecule has 2 nitrogen and oxygen atoms in total. The first-order valence-corrected chi connectivity index (χ1v) is 14.6. The van der Waals surface area contributed by atoms with Crippen LogP contribution in [0.3, 0.4) is 0 Å². The van der Waals surface area contributed by atoms with Gasteiger partial charge in [0, 0.05) is 0 Å². The predicted molar refractivity (Wildman–Crippen MR) is 152 cm³/mol. The highest BCUT2D eigenvalue weighted by molar-refractivity contribution is 5.05. The molecule has 1 fully saturated rings. The van der Waals surface area contributed by atoms with Crippen molar-refractivity contribution in [2.75, 3.05) is 0 Å². The van der Waals surface area contributed by atoms with Crippen LogP contribution >= 0.6 is 0 Å². The number of allylic oxidation sites excluding steroid dienone is 3. The van der Waals surface area contributed by atoms with E-state index >= 15 is 0 Å². The van der Waals surface area contributed by atoms with E-state index < -0.39 is 5.60 Å². The molecule has 0 radical (unpaired) electrons. The van der Waals surface area contributed by atoms with Gasteiger partial charge in [-0.2, -0.15) is 0 Å². The van der Waals surface area contributed by atoms with Crippen LogP contribution in [0.25, 0.3) is 0 Å². The second kappa shape index (κ2) is 16.2. The highest BCUT2D eigenvalue weighted by Gasteiger charge is 2.52. The Morgan fingerprint density at radius 3 is 2.24 bits per heavy atom. The molecule has 202 valence electrons. The number of hydrogen-bond acceptors (Lipinski definition) is 1. The molecule has 0 saturated heterocycles. The largest absolute Gasteiger partial charge is 0.412 e. The second-order valence-electron chi connectivity index (χ2n) is 12.3. The first-order valence-electron chi connectivity index (χ1n) is 14.6. The van der Waals surface area contributed by atoms with Gasteiger partial charge in [-0.05, 0) is 99.2 Å². The molecule has 0 aromatic rings. The summed E-state index contributed by atoms with van der Waals surface area (Å²) in [6.45, 7) is 22.9. The molecule has 5 unspecified atom stereocenters. The van der Waals surface area contributed by atoms with Gasteiger partial charge in [0.1, 0.15) is 0 Å². The van der Waals surface area contributed by atoms with E-state index in [-0.39, 0.29) is 10.9 Å². The van der Waals surface area contributed by atoms with E-state index in [4.69, 9.17) is 0 Å². The van der Waals surface area contributed by atoms with Crippen molar-refractivity contribution in [1.82, 2.24) is 0 Å². The Kier molecular flexibility index (Phi) is 15.9. The Morgan fingerprint density at radius 2 is 1.74 bits per heavy atom. The molecule has 0 heterocycles. The zero-order chi connectivity index (χ0) is 25.1. The van der Waals surface area contributed by atoms with Gasteiger partial charge in [-0.1, -0.05) is 92.4 Å². The molecule has 0 aliphatic heterocycles. The zero-order valence-corrected chi connectivity index (χ0v) is 24.4. The number of aliphatic hydroxyl groups is 1. The lowest BCUT2D eigenvalue weighted by Crippen LogP contribution is -2.55. The summed E-state index contributed by atoms with van der Waals surface area (Å²) in [7, 11) is 0. The van der Waals surface area contributed by atoms with Crippen molar-refractivity contribution >= 4 is 0 Å². The van der Waals surface area contributed by atoms with Crippen molar-refractivity contribution < 1.29 is 10.6 Å². The molecular weight excluding hydrogens is 416 g/mol. The van der Waals surface area contributed by atoms with Gasteiger partial charge in [0.25, 0.3) is 0 Å². The van der Waals surface area contributed by atoms with Crippen LogP contribution in [0.2, 0.25) is 0 Å². The molecule has 0 aromatic carbocycles. The minimum absolute atomic E-state index is 0. The first kappa shape index (κ1) is 33.4. The maximum absolute atomic E-state index is 12.0. The van der Waals surface area contributed by atoms with Crippen molar-refractivity contribution in [1.29, 1.82) is 0 Å². The van der Waals surface area contributed by atoms with Gasteiger partial charge in [-0.15, -0.1) is 6.58 Å². The van der Waals surface area contributed by atoms with E-state index in [0.29, 0.717) is 5.92 Å². The van der Waals surface area contributed by atoms with Gasteiger partial charge in [0.2, 0.25) is 0 Å². The molecule has 34 heavy (non-hydrogen) atoms. The molecule has 1 aliphatic carbocycles. The summed E-state index contributed by atoms with van der Waals surface area (Å²) in [5.41, 5.74) is 1.06. The summed E-state index contributed by atoms with van der Waals surface area (Å²) in [6.07, 6.45) is 20.0. The molecule has 0 spiro atoms. The fourth-order valence-corrected chi connectivity index (χ4v) is 7.08. The van der Waals surface area contributed by atoms with Crippen LogP contribution in [-0.2, 0) is 0 Å². The van der Waals surface area contributed by atoms with Crippen molar-refractivity contribution in [3.63, 3.8) is 0 Å². The smallest absolute Gasteiger partial charge is 0.0729 e. The predicted octanol–water partition coefficient (Wildman–Crippen LogP) is 9.32. The molecule has 1 rings (SSSR count). The van der Waals surface area contributed by atoms with E-state index in [1.165, 1.54) is 57.8 Å². The average molecular weight is 479 g/mol. The third-order valence-corrected chi connectivity index (χ3v) is 9.38. The molecule has 1 aliphatic rings. The van der Waals surface area contributed by atoms with Crippen LogP contribution in [0, 0.1) is 35.0 Å². The third kappa shape index (κ3) is 9.12. The molecule has 1 saturated carbocycles. The van der Waals surface area contributed by atoms with Gasteiger partial charge in [-0.3, -0.25) is 0 Å². The Hall–Kier alpha value is -0.600. The Labute approximate surface area is 214 Å². The lowest BCUT2D eigenvalue weighted by atomic mass is 9.54. The maximum Gasteiger partial charge on any atom is 0.0729 e. The Morgan fingerprint density at radius 1 is 1.06 bits per heavy atom. The van der Waals surface area contributed by atoms with Gasteiger partial charge in [0.15, 0.2) is 0 Å². The van der Waals surface area contributed by atoms with Crippen LogP contribution in [0.5, 0.6) is 0 Å². The highest BCUT2D eigenvalue weighted by Crippen LogP contribution is 2.54. The standard InChI is InChI=1S/C32H60O.H2O/c1-10-14-20-29(18-12-3)32(33)23-22-28(24-31(32,8)9)26(7)30(25(5)6)21-16-15-19-27(13-4)17-11-2;/h12,17,25-26,28-30,33H,3,10-11,13-16,18-24H2,1-2,4-9H3;1H2/b27-17+;. The fraction of sp³-hybridized carbons (Fsp3) is 0.875. The van der Waals surface area contributed by atoms with Gasteiger partial charge < -0.3 is 10.6 Å². The van der Waals surface area contributed by atoms with Crippen molar-refractivity contribution in [2.24, 2.45) is 35.0 Å². The van der Waals surface area contributed by atoms with Crippen LogP contribution in [0.4, 0.5) is 0 Å². The molecule has 0 bridgehead atoms. The van der Waals surface area contributed by atoms with Crippen LogP contribution < -0.4 is 0 Å². The summed E-state index contributed by atoms with van der Waals surface area (Å²) in [4.78, 5) is 0. The van der Waals surface area contributed by atoms with E-state index in [9.17, 15) is 5.11 Å². The lowest BCUT2D eigenvalue weighted by molar-refractivity contribution is -0.157. The van der Waals surface area contributed by atoms with Crippen LogP contribution in [0.15, 0.2) is 24.3 Å². The molecule has 3 N–H and O–H groups in total. The minimum atomic E-state index is -0.553. The third-order valence-electron chi connectivity index (χ3n) is 9.38. The van der Waals surface area contributed by atoms with Gasteiger partial charge in [-0.25, -0.2) is 0 Å². The monoisotopic (exact) mass is 478 g/mol. The molecule has 5 atom stereocenters. The normalized spacial score (nSPS) is 25.5. The topological polar surface area (TPSA) is 51.7 Å². The van der Waals surface area contributed by atoms with Crippen LogP contribution in [-0.4, -0.2) is 16.2 Å². The Bertz CT molecular complexity index is 576. The van der Waals surface area contributed by atoms with Gasteiger partial charge >= 0.3 is 0 Å². The number of unbranched alkanes of at least 4 members (excludes halogenated alkanes) is 2. The minimum Gasteiger partial charge on any atom is -0.412 e. The van der Waals surface area contributed by atoms with E-state index in [2.05, 4.69) is 68.0 Å². The van der Waals surface area contributed by atoms with Crippen molar-refractivity contribution in [3.05, 3.63) is 24.3 Å². The number of rotatable bonds is 16. The number of hydrogen-bond donors (Lipinski definition) is 1.